The minimum atomic E-state index is -4.14. The second-order valence-corrected chi connectivity index (χ2v) is 4.14. The highest BCUT2D eigenvalue weighted by atomic mass is 19.4. The second-order valence-electron chi connectivity index (χ2n) is 4.14. The first-order valence-corrected chi connectivity index (χ1v) is 5.72. The molecule has 1 atom stereocenters. The van der Waals surface area contributed by atoms with Crippen molar-refractivity contribution in [3.63, 3.8) is 0 Å². The van der Waals surface area contributed by atoms with Gasteiger partial charge in [0.2, 0.25) is 0 Å². The summed E-state index contributed by atoms with van der Waals surface area (Å²) in [6, 6.07) is -0.615. The number of nitrogens with zero attached hydrogens (tertiary/aromatic N) is 2. The number of rotatable bonds is 6. The number of alkyl halides is 3. The summed E-state index contributed by atoms with van der Waals surface area (Å²) < 4.78 is 38.4. The molecule has 0 aromatic carbocycles. The van der Waals surface area contributed by atoms with Crippen molar-refractivity contribution in [2.45, 2.75) is 45.5 Å². The molecule has 6 heteroatoms. The van der Waals surface area contributed by atoms with E-state index in [1.807, 2.05) is 6.92 Å². The molecular weight excluding hydrogens is 231 g/mol. The largest absolute Gasteiger partial charge is 0.391 e. The van der Waals surface area contributed by atoms with E-state index in [-0.39, 0.29) is 0 Å². The first-order chi connectivity index (χ1) is 7.94. The third kappa shape index (κ3) is 4.77. The number of hydrogen-bond donors (Lipinski definition) is 1. The van der Waals surface area contributed by atoms with Crippen molar-refractivity contribution in [2.24, 2.45) is 0 Å². The van der Waals surface area contributed by atoms with Crippen LogP contribution in [0.1, 0.15) is 38.4 Å². The van der Waals surface area contributed by atoms with Crippen LogP contribution in [0.4, 0.5) is 13.2 Å². The van der Waals surface area contributed by atoms with E-state index in [1.165, 1.54) is 6.33 Å². The standard InChI is InChI=1S/C11H18F3N3/c1-3-4-15-6-10-7-16-8-17(10)9(2)5-11(12,13)14/h7-9,15H,3-6H2,1-2H3. The van der Waals surface area contributed by atoms with Gasteiger partial charge in [-0.15, -0.1) is 0 Å². The Labute approximate surface area is 99.0 Å². The third-order valence-corrected chi connectivity index (χ3v) is 2.48. The molecule has 0 aliphatic rings. The molecule has 1 aromatic rings. The van der Waals surface area contributed by atoms with Crippen molar-refractivity contribution < 1.29 is 13.2 Å². The lowest BCUT2D eigenvalue weighted by Crippen LogP contribution is -2.21. The molecule has 0 amide bonds. The van der Waals surface area contributed by atoms with Crippen molar-refractivity contribution >= 4 is 0 Å². The highest BCUT2D eigenvalue weighted by Gasteiger charge is 2.31. The molecule has 0 bridgehead atoms. The molecule has 0 radical (unpaired) electrons. The van der Waals surface area contributed by atoms with Crippen LogP contribution in [0.2, 0.25) is 0 Å². The number of aromatic nitrogens is 2. The Balaban J connectivity index is 2.61. The normalized spacial score (nSPS) is 13.9. The van der Waals surface area contributed by atoms with E-state index < -0.39 is 18.6 Å². The lowest BCUT2D eigenvalue weighted by atomic mass is 10.2. The predicted octanol–water partition coefficient (Wildman–Crippen LogP) is 2.90. The number of nitrogens with one attached hydrogen (secondary N) is 1. The van der Waals surface area contributed by atoms with E-state index in [2.05, 4.69) is 10.3 Å². The summed E-state index contributed by atoms with van der Waals surface area (Å²) >= 11 is 0. The zero-order chi connectivity index (χ0) is 12.9. The third-order valence-electron chi connectivity index (χ3n) is 2.48. The molecule has 1 heterocycles. The van der Waals surface area contributed by atoms with Crippen LogP contribution in [0, 0.1) is 0 Å². The Bertz CT molecular complexity index is 333. The van der Waals surface area contributed by atoms with Gasteiger partial charge in [-0.25, -0.2) is 4.98 Å². The van der Waals surface area contributed by atoms with Crippen molar-refractivity contribution in [3.05, 3.63) is 18.2 Å². The smallest absolute Gasteiger partial charge is 0.330 e. The average molecular weight is 249 g/mol. The molecule has 1 rings (SSSR count). The first-order valence-electron chi connectivity index (χ1n) is 5.72. The quantitative estimate of drug-likeness (QED) is 0.786. The second kappa shape index (κ2) is 6.05. The maximum atomic E-state index is 12.3. The maximum absolute atomic E-state index is 12.3. The van der Waals surface area contributed by atoms with Gasteiger partial charge in [0.05, 0.1) is 18.4 Å². The Kier molecular flexibility index (Phi) is 4.99. The molecule has 1 aromatic heterocycles. The van der Waals surface area contributed by atoms with Crippen molar-refractivity contribution in [2.75, 3.05) is 6.54 Å². The van der Waals surface area contributed by atoms with Crippen LogP contribution >= 0.6 is 0 Å². The van der Waals surface area contributed by atoms with Crippen LogP contribution in [0.25, 0.3) is 0 Å². The average Bonchev–Trinajstić information content (AvgIpc) is 2.64. The van der Waals surface area contributed by atoms with Gasteiger partial charge < -0.3 is 9.88 Å². The predicted molar refractivity (Wildman–Crippen MR) is 59.6 cm³/mol. The lowest BCUT2D eigenvalue weighted by molar-refractivity contribution is -0.141. The van der Waals surface area contributed by atoms with Crippen molar-refractivity contribution in [3.8, 4) is 0 Å². The van der Waals surface area contributed by atoms with Crippen LogP contribution in [0.3, 0.4) is 0 Å². The number of halogens is 3. The van der Waals surface area contributed by atoms with Gasteiger partial charge in [0.1, 0.15) is 0 Å². The number of hydrogen-bond acceptors (Lipinski definition) is 2. The Morgan fingerprint density at radius 1 is 1.47 bits per heavy atom. The van der Waals surface area contributed by atoms with Crippen LogP contribution < -0.4 is 5.32 Å². The molecular formula is C11H18F3N3. The van der Waals surface area contributed by atoms with Gasteiger partial charge in [0.25, 0.3) is 0 Å². The Morgan fingerprint density at radius 2 is 2.18 bits per heavy atom. The minimum absolute atomic E-state index is 0.552. The van der Waals surface area contributed by atoms with E-state index in [4.69, 9.17) is 0 Å². The van der Waals surface area contributed by atoms with Gasteiger partial charge in [0.15, 0.2) is 0 Å². The van der Waals surface area contributed by atoms with Gasteiger partial charge in [-0.3, -0.25) is 0 Å². The van der Waals surface area contributed by atoms with Gasteiger partial charge in [-0.05, 0) is 19.9 Å². The monoisotopic (exact) mass is 249 g/mol. The summed E-state index contributed by atoms with van der Waals surface area (Å²) in [7, 11) is 0. The topological polar surface area (TPSA) is 29.9 Å². The van der Waals surface area contributed by atoms with Gasteiger partial charge in [-0.1, -0.05) is 6.92 Å². The van der Waals surface area contributed by atoms with Crippen LogP contribution in [0.15, 0.2) is 12.5 Å². The molecule has 98 valence electrons. The minimum Gasteiger partial charge on any atom is -0.330 e. The summed E-state index contributed by atoms with van der Waals surface area (Å²) in [6.07, 6.45) is -0.914. The Morgan fingerprint density at radius 3 is 2.76 bits per heavy atom. The maximum Gasteiger partial charge on any atom is 0.391 e. The van der Waals surface area contributed by atoms with Gasteiger partial charge in [0, 0.05) is 18.8 Å². The molecule has 3 nitrogen and oxygen atoms in total. The molecule has 0 aliphatic heterocycles. The van der Waals surface area contributed by atoms with Crippen LogP contribution in [-0.4, -0.2) is 22.3 Å². The molecule has 0 saturated heterocycles. The molecule has 1 unspecified atom stereocenters. The SMILES string of the molecule is CCCNCc1cncn1C(C)CC(F)(F)F. The molecule has 1 N–H and O–H groups in total. The fourth-order valence-corrected chi connectivity index (χ4v) is 1.69. The van der Waals surface area contributed by atoms with Crippen molar-refractivity contribution in [1.29, 1.82) is 0 Å². The molecule has 17 heavy (non-hydrogen) atoms. The van der Waals surface area contributed by atoms with E-state index >= 15 is 0 Å². The number of imidazole rings is 1. The van der Waals surface area contributed by atoms with Crippen LogP contribution in [-0.2, 0) is 6.54 Å². The molecule has 0 aliphatic carbocycles. The summed E-state index contributed by atoms with van der Waals surface area (Å²) in [6.45, 7) is 4.99. The van der Waals surface area contributed by atoms with E-state index in [9.17, 15) is 13.2 Å². The van der Waals surface area contributed by atoms with Crippen LogP contribution in [0.5, 0.6) is 0 Å². The molecule has 0 spiro atoms. The van der Waals surface area contributed by atoms with Crippen molar-refractivity contribution in [1.82, 2.24) is 14.9 Å². The summed E-state index contributed by atoms with van der Waals surface area (Å²) in [4.78, 5) is 3.91. The molecule has 0 fully saturated rings. The fraction of sp³-hybridized carbons (Fsp3) is 0.727. The van der Waals surface area contributed by atoms with Gasteiger partial charge >= 0.3 is 6.18 Å². The van der Waals surface area contributed by atoms with E-state index in [1.54, 1.807) is 17.7 Å². The zero-order valence-electron chi connectivity index (χ0n) is 10.1. The fourth-order valence-electron chi connectivity index (χ4n) is 1.69. The van der Waals surface area contributed by atoms with E-state index in [0.29, 0.717) is 6.54 Å². The summed E-state index contributed by atoms with van der Waals surface area (Å²) in [5.41, 5.74) is 0.787. The van der Waals surface area contributed by atoms with Gasteiger partial charge in [-0.2, -0.15) is 13.2 Å². The zero-order valence-corrected chi connectivity index (χ0v) is 10.1. The highest BCUT2D eigenvalue weighted by molar-refractivity contribution is 5.00. The van der Waals surface area contributed by atoms with E-state index in [0.717, 1.165) is 18.7 Å². The summed E-state index contributed by atoms with van der Waals surface area (Å²) in [5, 5.41) is 3.15. The summed E-state index contributed by atoms with van der Waals surface area (Å²) in [5.74, 6) is 0. The lowest BCUT2D eigenvalue weighted by Gasteiger charge is -2.18. The highest BCUT2D eigenvalue weighted by Crippen LogP contribution is 2.27. The first kappa shape index (κ1) is 14.0. The Hall–Kier alpha value is -1.04. The molecule has 0 saturated carbocycles.